The number of hydrogen-bond acceptors (Lipinski definition) is 17. The van der Waals surface area contributed by atoms with E-state index in [1.54, 1.807) is 29.7 Å². The van der Waals surface area contributed by atoms with Crippen LogP contribution >= 0.6 is 11.3 Å². The van der Waals surface area contributed by atoms with E-state index in [0.717, 1.165) is 99.6 Å². The largest absolute Gasteiger partial charge is 0.384 e. The Bertz CT molecular complexity index is 2810. The zero-order valence-corrected chi connectivity index (χ0v) is 48.5. The van der Waals surface area contributed by atoms with Crippen LogP contribution in [0.3, 0.4) is 0 Å². The van der Waals surface area contributed by atoms with Crippen LogP contribution in [0, 0.1) is 25.1 Å². The van der Waals surface area contributed by atoms with Crippen molar-refractivity contribution in [3.8, 4) is 27.4 Å². The lowest BCUT2D eigenvalue weighted by Crippen LogP contribution is -2.47. The standard InChI is InChI=1S/C41H59FN8O6.C12H14N2S.C6H9NO2/c1-30(41(3,4)5)45-39(51)11-18-52-20-22-54-24-26-56-27-25-55-23-21-53-19-17-48-13-15-49(16-14-48)37-9-6-33(29-34(37)42)50-31(2)46-36-8-7-35(47-40(36)50)32-10-12-44-38(43)28-32;1-9-12(15-8-14-9)11-5-3-10(4-6-11)7-13-2;8-4-6-2-1-3-7(6)5-9/h6-10,12,28-30H,11,13-27H2,1-5H3,(H2,43,44)(H,45,51);3-6,8,13H,7H2,1-2H3;4-6H,1-3H2. The number of thiazole rings is 1. The SMILES string of the molecule is CNCc1ccc(-c2scnc2C)cc1.Cc1nc2ccc(-c3ccnc(N)c3)nc2n1-c1ccc(N2CCN(CCOCCOCCOCCOCCOCCC(=O)NC(C)C(C)(C)C)CC2)c(F)c1.O=CC1CCCN1C=O. The number of pyridine rings is 2. The number of benzene rings is 2. The number of likely N-dealkylation sites (tertiary alicyclic amines) is 1. The molecule has 6 aromatic rings. The monoisotopic (exact) mass is 1120 g/mol. The fourth-order valence-electron chi connectivity index (χ4n) is 8.77. The number of fused-ring (bicyclic) bond motifs is 1. The molecule has 4 aromatic heterocycles. The fourth-order valence-corrected chi connectivity index (χ4v) is 9.58. The summed E-state index contributed by atoms with van der Waals surface area (Å²) in [5.74, 6) is 0.862. The first kappa shape index (κ1) is 62.9. The highest BCUT2D eigenvalue weighted by molar-refractivity contribution is 7.13. The lowest BCUT2D eigenvalue weighted by Gasteiger charge is -2.36. The number of nitrogens with two attached hydrogens (primary N) is 1. The molecule has 0 radical (unpaired) electrons. The lowest BCUT2D eigenvalue weighted by molar-refractivity contribution is -0.123. The number of aldehydes is 1. The van der Waals surface area contributed by atoms with Crippen molar-refractivity contribution in [3.05, 3.63) is 101 Å². The number of rotatable bonds is 27. The van der Waals surface area contributed by atoms with E-state index >= 15 is 4.39 Å². The van der Waals surface area contributed by atoms with E-state index in [-0.39, 0.29) is 29.2 Å². The number of nitrogens with one attached hydrogen (secondary N) is 2. The van der Waals surface area contributed by atoms with Gasteiger partial charge in [0.1, 0.15) is 29.3 Å². The Morgan fingerprint density at radius 1 is 0.812 bits per heavy atom. The molecule has 2 unspecified atom stereocenters. The first-order valence-corrected chi connectivity index (χ1v) is 28.4. The van der Waals surface area contributed by atoms with Crippen LogP contribution in [0.4, 0.5) is 15.9 Å². The first-order chi connectivity index (χ1) is 38.7. The number of aryl methyl sites for hydroxylation is 2. The minimum atomic E-state index is -0.278. The number of imidazole rings is 1. The number of carbonyl (C=O) groups excluding carboxylic acids is 3. The molecule has 2 amide bonds. The average Bonchev–Trinajstić information content (AvgIpc) is 4.20. The molecule has 80 heavy (non-hydrogen) atoms. The number of amides is 2. The van der Waals surface area contributed by atoms with Gasteiger partial charge >= 0.3 is 0 Å². The van der Waals surface area contributed by atoms with Gasteiger partial charge in [-0.2, -0.15) is 0 Å². The minimum Gasteiger partial charge on any atom is -0.384 e. The Kier molecular flexibility index (Phi) is 25.8. The number of hydrogen-bond donors (Lipinski definition) is 3. The molecule has 6 heterocycles. The molecule has 19 nitrogen and oxygen atoms in total. The number of aromatic nitrogens is 5. The van der Waals surface area contributed by atoms with Gasteiger partial charge in [-0.1, -0.05) is 45.0 Å². The van der Waals surface area contributed by atoms with Crippen LogP contribution in [-0.2, 0) is 44.6 Å². The van der Waals surface area contributed by atoms with Gasteiger partial charge in [0.25, 0.3) is 0 Å². The quantitative estimate of drug-likeness (QED) is 0.0341. The molecular formula is C59H82FN11O8S. The van der Waals surface area contributed by atoms with Crippen molar-refractivity contribution in [2.75, 3.05) is 123 Å². The van der Waals surface area contributed by atoms with Crippen molar-refractivity contribution in [2.24, 2.45) is 5.41 Å². The van der Waals surface area contributed by atoms with Gasteiger partial charge in [0, 0.05) is 76.1 Å². The molecule has 2 fully saturated rings. The molecule has 0 spiro atoms. The summed E-state index contributed by atoms with van der Waals surface area (Å²) in [6.45, 7) is 22.6. The van der Waals surface area contributed by atoms with E-state index in [0.29, 0.717) is 95.3 Å². The Morgan fingerprint density at radius 2 is 1.48 bits per heavy atom. The minimum absolute atomic E-state index is 0.000408. The second-order valence-electron chi connectivity index (χ2n) is 20.6. The average molecular weight is 1120 g/mol. The highest BCUT2D eigenvalue weighted by Crippen LogP contribution is 2.30. The van der Waals surface area contributed by atoms with Crippen molar-refractivity contribution < 1.29 is 42.5 Å². The molecule has 8 rings (SSSR count). The summed E-state index contributed by atoms with van der Waals surface area (Å²) in [4.78, 5) is 57.4. The molecule has 2 aliphatic rings. The molecular weight excluding hydrogens is 1040 g/mol. The number of halogens is 1. The Labute approximate surface area is 474 Å². The maximum atomic E-state index is 15.6. The molecule has 2 saturated heterocycles. The summed E-state index contributed by atoms with van der Waals surface area (Å²) in [5, 5.41) is 6.14. The van der Waals surface area contributed by atoms with Crippen LogP contribution in [0.15, 0.2) is 78.4 Å². The van der Waals surface area contributed by atoms with Crippen LogP contribution in [0.5, 0.6) is 0 Å². The smallest absolute Gasteiger partial charge is 0.222 e. The highest BCUT2D eigenvalue weighted by atomic mass is 32.1. The van der Waals surface area contributed by atoms with Crippen molar-refractivity contribution >= 4 is 52.6 Å². The summed E-state index contributed by atoms with van der Waals surface area (Å²) < 4.78 is 45.4. The zero-order valence-electron chi connectivity index (χ0n) is 47.7. The van der Waals surface area contributed by atoms with Gasteiger partial charge in [0.15, 0.2) is 5.65 Å². The summed E-state index contributed by atoms with van der Waals surface area (Å²) in [7, 11) is 1.96. The second kappa shape index (κ2) is 32.8. The van der Waals surface area contributed by atoms with Gasteiger partial charge < -0.3 is 54.6 Å². The van der Waals surface area contributed by atoms with Crippen LogP contribution in [0.1, 0.15) is 64.0 Å². The van der Waals surface area contributed by atoms with E-state index in [1.807, 2.05) is 68.2 Å². The van der Waals surface area contributed by atoms with Gasteiger partial charge in [-0.3, -0.25) is 19.1 Å². The summed E-state index contributed by atoms with van der Waals surface area (Å²) in [6, 6.07) is 21.4. The molecule has 0 saturated carbocycles. The zero-order chi connectivity index (χ0) is 57.3. The third kappa shape index (κ3) is 19.8. The molecule has 2 atom stereocenters. The molecule has 0 bridgehead atoms. The highest BCUT2D eigenvalue weighted by Gasteiger charge is 2.24. The Hall–Kier alpha value is -6.30. The van der Waals surface area contributed by atoms with Gasteiger partial charge in [0.05, 0.1) is 105 Å². The van der Waals surface area contributed by atoms with Crippen molar-refractivity contribution in [3.63, 3.8) is 0 Å². The van der Waals surface area contributed by atoms with E-state index in [1.165, 1.54) is 20.9 Å². The van der Waals surface area contributed by atoms with Crippen LogP contribution in [-0.4, -0.2) is 177 Å². The predicted octanol–water partition coefficient (Wildman–Crippen LogP) is 7.30. The molecule has 21 heteroatoms. The van der Waals surface area contributed by atoms with Crippen molar-refractivity contribution in [2.45, 2.75) is 79.4 Å². The molecule has 2 aromatic carbocycles. The summed E-state index contributed by atoms with van der Waals surface area (Å²) in [5.41, 5.74) is 15.7. The third-order valence-corrected chi connectivity index (χ3v) is 14.8. The number of nitrogen functional groups attached to an aromatic ring is 1. The van der Waals surface area contributed by atoms with E-state index in [9.17, 15) is 14.4 Å². The Morgan fingerprint density at radius 3 is 2.05 bits per heavy atom. The molecule has 0 aliphatic carbocycles. The van der Waals surface area contributed by atoms with Gasteiger partial charge in [-0.25, -0.2) is 24.3 Å². The summed E-state index contributed by atoms with van der Waals surface area (Å²) in [6.07, 6.45) is 5.36. The van der Waals surface area contributed by atoms with E-state index < -0.39 is 0 Å². The number of ether oxygens (including phenoxy) is 5. The first-order valence-electron chi connectivity index (χ1n) is 27.5. The van der Waals surface area contributed by atoms with Crippen LogP contribution in [0.25, 0.3) is 38.5 Å². The molecule has 4 N–H and O–H groups in total. The van der Waals surface area contributed by atoms with Gasteiger partial charge in [0.2, 0.25) is 12.3 Å². The van der Waals surface area contributed by atoms with Crippen LogP contribution in [0.2, 0.25) is 0 Å². The van der Waals surface area contributed by atoms with Gasteiger partial charge in [-0.05, 0) is 93.6 Å². The lowest BCUT2D eigenvalue weighted by atomic mass is 9.88. The number of piperazine rings is 1. The van der Waals surface area contributed by atoms with E-state index in [2.05, 4.69) is 80.4 Å². The molecule has 434 valence electrons. The second-order valence-corrected chi connectivity index (χ2v) is 21.5. The number of nitrogens with zero attached hydrogens (tertiary/aromatic N) is 8. The van der Waals surface area contributed by atoms with E-state index in [4.69, 9.17) is 34.4 Å². The number of carbonyl (C=O) groups is 3. The Balaban J connectivity index is 0.000000349. The maximum Gasteiger partial charge on any atom is 0.222 e. The molecule has 2 aliphatic heterocycles. The van der Waals surface area contributed by atoms with Gasteiger partial charge in [-0.15, -0.1) is 11.3 Å². The van der Waals surface area contributed by atoms with Crippen molar-refractivity contribution in [1.29, 1.82) is 0 Å². The number of anilines is 2. The van der Waals surface area contributed by atoms with Crippen molar-refractivity contribution in [1.82, 2.24) is 44.9 Å². The summed E-state index contributed by atoms with van der Waals surface area (Å²) >= 11 is 1.70. The fraction of sp³-hybridized carbons (Fsp3) is 0.508. The predicted molar refractivity (Wildman–Crippen MR) is 313 cm³/mol. The van der Waals surface area contributed by atoms with Crippen LogP contribution < -0.4 is 21.3 Å². The normalized spacial score (nSPS) is 15.0. The maximum absolute atomic E-state index is 15.6. The third-order valence-electron chi connectivity index (χ3n) is 13.8. The topological polar surface area (TPSA) is 214 Å².